The van der Waals surface area contributed by atoms with Crippen LogP contribution in [0, 0.1) is 5.82 Å². The summed E-state index contributed by atoms with van der Waals surface area (Å²) in [5.74, 6) is -1.60. The van der Waals surface area contributed by atoms with E-state index in [1.54, 1.807) is 19.2 Å². The summed E-state index contributed by atoms with van der Waals surface area (Å²) in [5.41, 5.74) is 1.20. The lowest BCUT2D eigenvalue weighted by Crippen LogP contribution is -1.95. The fraction of sp³-hybridized carbons (Fsp3) is 0.167. The van der Waals surface area contributed by atoms with Crippen molar-refractivity contribution in [3.8, 4) is 11.3 Å². The number of nitrogens with one attached hydrogen (secondary N) is 1. The minimum absolute atomic E-state index is 0.0819. The van der Waals surface area contributed by atoms with Crippen LogP contribution >= 0.6 is 0 Å². The Kier molecular flexibility index (Phi) is 3.38. The minimum Gasteiger partial charge on any atom is -0.477 e. The van der Waals surface area contributed by atoms with E-state index in [1.807, 2.05) is 0 Å². The number of hydrogen-bond donors (Lipinski definition) is 2. The number of nitrogens with zero attached hydrogens (tertiary/aromatic N) is 1. The van der Waals surface area contributed by atoms with Crippen molar-refractivity contribution in [2.24, 2.45) is 0 Å². The van der Waals surface area contributed by atoms with Gasteiger partial charge in [-0.25, -0.2) is 9.18 Å². The van der Waals surface area contributed by atoms with Gasteiger partial charge in [-0.2, -0.15) is 5.10 Å². The first-order valence-corrected chi connectivity index (χ1v) is 5.18. The van der Waals surface area contributed by atoms with Crippen LogP contribution in [0.2, 0.25) is 0 Å². The Balaban J connectivity index is 2.41. The number of benzene rings is 1. The number of ether oxygens (including phenoxy) is 1. The highest BCUT2D eigenvalue weighted by molar-refractivity contribution is 5.86. The fourth-order valence-electron chi connectivity index (χ4n) is 1.59. The molecule has 0 fully saturated rings. The molecule has 0 bridgehead atoms. The molecule has 1 heterocycles. The third kappa shape index (κ3) is 2.38. The zero-order chi connectivity index (χ0) is 13.1. The van der Waals surface area contributed by atoms with Gasteiger partial charge in [0.1, 0.15) is 11.5 Å². The minimum atomic E-state index is -1.14. The third-order valence-corrected chi connectivity index (χ3v) is 2.43. The summed E-state index contributed by atoms with van der Waals surface area (Å²) in [7, 11) is 1.54. The monoisotopic (exact) mass is 250 g/mol. The van der Waals surface area contributed by atoms with E-state index in [4.69, 9.17) is 9.84 Å². The van der Waals surface area contributed by atoms with Crippen LogP contribution in [-0.4, -0.2) is 28.4 Å². The van der Waals surface area contributed by atoms with Crippen molar-refractivity contribution < 1.29 is 19.0 Å². The fourth-order valence-corrected chi connectivity index (χ4v) is 1.59. The molecule has 0 amide bonds. The van der Waals surface area contributed by atoms with E-state index in [-0.39, 0.29) is 17.0 Å². The molecule has 1 aromatic carbocycles. The number of rotatable bonds is 4. The van der Waals surface area contributed by atoms with Crippen LogP contribution in [0.15, 0.2) is 24.3 Å². The zero-order valence-corrected chi connectivity index (χ0v) is 9.61. The van der Waals surface area contributed by atoms with Crippen LogP contribution in [0.5, 0.6) is 0 Å². The number of hydrogen-bond acceptors (Lipinski definition) is 3. The number of aromatic carboxylic acids is 1. The zero-order valence-electron chi connectivity index (χ0n) is 9.61. The number of aromatic amines is 1. The molecule has 0 unspecified atom stereocenters. The molecular formula is C12H11FN2O3. The molecule has 2 N–H and O–H groups in total. The Labute approximate surface area is 102 Å². The molecule has 0 spiro atoms. The summed E-state index contributed by atoms with van der Waals surface area (Å²) in [6.45, 7) is 0.351. The largest absolute Gasteiger partial charge is 0.477 e. The van der Waals surface area contributed by atoms with E-state index in [2.05, 4.69) is 10.2 Å². The number of aromatic nitrogens is 2. The van der Waals surface area contributed by atoms with Crippen LogP contribution in [0.3, 0.4) is 0 Å². The van der Waals surface area contributed by atoms with Gasteiger partial charge < -0.3 is 9.84 Å². The predicted octanol–water partition coefficient (Wildman–Crippen LogP) is 2.06. The van der Waals surface area contributed by atoms with Crippen LogP contribution in [0.4, 0.5) is 4.39 Å². The Morgan fingerprint density at radius 1 is 1.50 bits per heavy atom. The number of methoxy groups -OCH3 is 1. The molecule has 18 heavy (non-hydrogen) atoms. The highest BCUT2D eigenvalue weighted by atomic mass is 19.1. The smallest absolute Gasteiger partial charge is 0.353 e. The Hall–Kier alpha value is -2.21. The van der Waals surface area contributed by atoms with Gasteiger partial charge in [-0.15, -0.1) is 0 Å². The topological polar surface area (TPSA) is 75.2 Å². The molecule has 0 radical (unpaired) electrons. The molecule has 2 aromatic rings. The van der Waals surface area contributed by atoms with Crippen LogP contribution in [0.1, 0.15) is 16.1 Å². The normalized spacial score (nSPS) is 10.6. The van der Waals surface area contributed by atoms with E-state index in [9.17, 15) is 9.18 Å². The standard InChI is InChI=1S/C12H11FN2O3/c1-18-6-7-2-3-9(13)8(4-7)10-5-11(12(16)17)15-14-10/h2-5H,6H2,1H3,(H,14,15)(H,16,17). The van der Waals surface area contributed by atoms with Gasteiger partial charge in [0.15, 0.2) is 0 Å². The highest BCUT2D eigenvalue weighted by Crippen LogP contribution is 2.23. The average Bonchev–Trinajstić information content (AvgIpc) is 2.81. The number of carbonyl (C=O) groups is 1. The summed E-state index contributed by atoms with van der Waals surface area (Å²) in [6.07, 6.45) is 0. The maximum Gasteiger partial charge on any atom is 0.353 e. The van der Waals surface area contributed by atoms with E-state index in [0.29, 0.717) is 6.61 Å². The molecule has 0 atom stereocenters. The number of H-pyrrole nitrogens is 1. The highest BCUT2D eigenvalue weighted by Gasteiger charge is 2.13. The number of halogens is 1. The van der Waals surface area contributed by atoms with Crippen molar-refractivity contribution in [2.75, 3.05) is 7.11 Å². The van der Waals surface area contributed by atoms with Gasteiger partial charge in [-0.1, -0.05) is 6.07 Å². The van der Waals surface area contributed by atoms with Gasteiger partial charge in [0.2, 0.25) is 0 Å². The second-order valence-corrected chi connectivity index (χ2v) is 3.72. The van der Waals surface area contributed by atoms with E-state index < -0.39 is 11.8 Å². The second kappa shape index (κ2) is 4.97. The Morgan fingerprint density at radius 3 is 2.89 bits per heavy atom. The van der Waals surface area contributed by atoms with Gasteiger partial charge >= 0.3 is 5.97 Å². The first-order chi connectivity index (χ1) is 8.61. The Bertz CT molecular complexity index is 580. The van der Waals surface area contributed by atoms with Crippen molar-refractivity contribution in [1.82, 2.24) is 10.2 Å². The van der Waals surface area contributed by atoms with Gasteiger partial charge in [0, 0.05) is 12.7 Å². The molecule has 0 saturated heterocycles. The molecule has 2 rings (SSSR count). The van der Waals surface area contributed by atoms with Crippen molar-refractivity contribution in [3.05, 3.63) is 41.3 Å². The molecule has 6 heteroatoms. The van der Waals surface area contributed by atoms with Crippen molar-refractivity contribution >= 4 is 5.97 Å². The molecule has 5 nitrogen and oxygen atoms in total. The maximum absolute atomic E-state index is 13.7. The molecule has 0 aliphatic heterocycles. The number of carboxylic acid groups (broad SMARTS) is 1. The van der Waals surface area contributed by atoms with Crippen molar-refractivity contribution in [3.63, 3.8) is 0 Å². The van der Waals surface area contributed by atoms with Gasteiger partial charge in [-0.3, -0.25) is 5.10 Å². The van der Waals surface area contributed by atoms with Gasteiger partial charge in [0.25, 0.3) is 0 Å². The molecule has 0 saturated carbocycles. The summed E-state index contributed by atoms with van der Waals surface area (Å²) >= 11 is 0. The van der Waals surface area contributed by atoms with Gasteiger partial charge in [-0.05, 0) is 23.8 Å². The summed E-state index contributed by atoms with van der Waals surface area (Å²) in [5, 5.41) is 14.9. The van der Waals surface area contributed by atoms with Gasteiger partial charge in [0.05, 0.1) is 12.3 Å². The predicted molar refractivity (Wildman–Crippen MR) is 61.7 cm³/mol. The van der Waals surface area contributed by atoms with E-state index >= 15 is 0 Å². The molecule has 0 aliphatic carbocycles. The summed E-state index contributed by atoms with van der Waals surface area (Å²) in [4.78, 5) is 10.7. The average molecular weight is 250 g/mol. The quantitative estimate of drug-likeness (QED) is 0.870. The Morgan fingerprint density at radius 2 is 2.28 bits per heavy atom. The van der Waals surface area contributed by atoms with Crippen LogP contribution in [0.25, 0.3) is 11.3 Å². The molecular weight excluding hydrogens is 239 g/mol. The molecule has 1 aromatic heterocycles. The second-order valence-electron chi connectivity index (χ2n) is 3.72. The lowest BCUT2D eigenvalue weighted by Gasteiger charge is -2.03. The van der Waals surface area contributed by atoms with Crippen LogP contribution < -0.4 is 0 Å². The van der Waals surface area contributed by atoms with E-state index in [1.165, 1.54) is 12.1 Å². The van der Waals surface area contributed by atoms with Crippen LogP contribution in [-0.2, 0) is 11.3 Å². The lowest BCUT2D eigenvalue weighted by atomic mass is 10.1. The summed E-state index contributed by atoms with van der Waals surface area (Å²) < 4.78 is 18.6. The molecule has 94 valence electrons. The first-order valence-electron chi connectivity index (χ1n) is 5.18. The van der Waals surface area contributed by atoms with Crippen molar-refractivity contribution in [2.45, 2.75) is 6.61 Å². The number of carboxylic acids is 1. The van der Waals surface area contributed by atoms with E-state index in [0.717, 1.165) is 5.56 Å². The third-order valence-electron chi connectivity index (χ3n) is 2.43. The first kappa shape index (κ1) is 12.3. The maximum atomic E-state index is 13.7. The van der Waals surface area contributed by atoms with Crippen molar-refractivity contribution in [1.29, 1.82) is 0 Å². The molecule has 0 aliphatic rings. The SMILES string of the molecule is COCc1ccc(F)c(-c2cc(C(=O)O)[nH]n2)c1. The summed E-state index contributed by atoms with van der Waals surface area (Å²) in [6, 6.07) is 5.78. The lowest BCUT2D eigenvalue weighted by molar-refractivity contribution is 0.0690.